The van der Waals surface area contributed by atoms with Gasteiger partial charge in [0, 0.05) is 6.07 Å². The predicted octanol–water partition coefficient (Wildman–Crippen LogP) is 3.53. The molecule has 1 N–H and O–H groups in total. The number of ether oxygens (including phenoxy) is 1. The summed E-state index contributed by atoms with van der Waals surface area (Å²) in [4.78, 5) is 20.9. The molecule has 0 saturated heterocycles. The number of halogens is 1. The van der Waals surface area contributed by atoms with E-state index in [0.29, 0.717) is 5.56 Å². The van der Waals surface area contributed by atoms with Crippen LogP contribution in [0.3, 0.4) is 0 Å². The van der Waals surface area contributed by atoms with Gasteiger partial charge in [-0.2, -0.15) is 0 Å². The summed E-state index contributed by atoms with van der Waals surface area (Å²) in [6.45, 7) is 1.59. The molecular formula is C14H10FNO5. The van der Waals surface area contributed by atoms with E-state index in [9.17, 15) is 19.3 Å². The number of hydrogen-bond acceptors (Lipinski definition) is 4. The number of hydrogen-bond donors (Lipinski definition) is 1. The minimum atomic E-state index is -1.41. The fourth-order valence-corrected chi connectivity index (χ4v) is 1.68. The van der Waals surface area contributed by atoms with Crippen LogP contribution in [0.15, 0.2) is 36.4 Å². The first-order valence-electron chi connectivity index (χ1n) is 5.84. The third kappa shape index (κ3) is 3.14. The van der Waals surface area contributed by atoms with E-state index in [0.717, 1.165) is 18.2 Å². The molecule has 0 aliphatic heterocycles. The Labute approximate surface area is 118 Å². The number of carboxylic acid groups (broad SMARTS) is 1. The van der Waals surface area contributed by atoms with E-state index in [1.807, 2.05) is 0 Å². The van der Waals surface area contributed by atoms with Gasteiger partial charge < -0.3 is 9.84 Å². The van der Waals surface area contributed by atoms with Gasteiger partial charge in [-0.25, -0.2) is 9.18 Å². The molecule has 0 bridgehead atoms. The summed E-state index contributed by atoms with van der Waals surface area (Å²) in [7, 11) is 0. The zero-order valence-corrected chi connectivity index (χ0v) is 10.9. The number of nitro groups is 1. The van der Waals surface area contributed by atoms with E-state index in [4.69, 9.17) is 9.84 Å². The Morgan fingerprint density at radius 1 is 1.24 bits per heavy atom. The van der Waals surface area contributed by atoms with Gasteiger partial charge in [-0.1, -0.05) is 6.07 Å². The third-order valence-corrected chi connectivity index (χ3v) is 2.78. The maximum atomic E-state index is 13.4. The predicted molar refractivity (Wildman–Crippen MR) is 71.3 cm³/mol. The van der Waals surface area contributed by atoms with Crippen LogP contribution in [0.4, 0.5) is 10.1 Å². The Kier molecular flexibility index (Phi) is 3.84. The second-order valence-corrected chi connectivity index (χ2v) is 4.25. The molecule has 0 atom stereocenters. The number of benzene rings is 2. The summed E-state index contributed by atoms with van der Waals surface area (Å²) in [6, 6.07) is 7.49. The molecule has 2 aromatic rings. The molecule has 0 fully saturated rings. The number of aryl methyl sites for hydroxylation is 1. The molecule has 2 rings (SSSR count). The zero-order valence-electron chi connectivity index (χ0n) is 10.9. The number of aromatic carboxylic acids is 1. The monoisotopic (exact) mass is 291 g/mol. The number of rotatable bonds is 4. The van der Waals surface area contributed by atoms with Gasteiger partial charge in [0.1, 0.15) is 22.9 Å². The minimum Gasteiger partial charge on any atom is -0.477 e. The highest BCUT2D eigenvalue weighted by Gasteiger charge is 2.20. The maximum Gasteiger partial charge on any atom is 0.342 e. The van der Waals surface area contributed by atoms with Crippen molar-refractivity contribution in [3.05, 3.63) is 63.5 Å². The molecule has 0 aromatic heterocycles. The van der Waals surface area contributed by atoms with Gasteiger partial charge in [0.2, 0.25) is 0 Å². The molecule has 0 spiro atoms. The smallest absolute Gasteiger partial charge is 0.342 e. The molecule has 6 nitrogen and oxygen atoms in total. The van der Waals surface area contributed by atoms with E-state index in [1.165, 1.54) is 18.2 Å². The lowest BCUT2D eigenvalue weighted by Crippen LogP contribution is -2.02. The van der Waals surface area contributed by atoms with Crippen molar-refractivity contribution < 1.29 is 24.0 Å². The van der Waals surface area contributed by atoms with Crippen molar-refractivity contribution >= 4 is 11.7 Å². The lowest BCUT2D eigenvalue weighted by Gasteiger charge is -2.07. The van der Waals surface area contributed by atoms with Crippen LogP contribution in [0.2, 0.25) is 0 Å². The number of carboxylic acids is 1. The third-order valence-electron chi connectivity index (χ3n) is 2.78. The molecule has 108 valence electrons. The van der Waals surface area contributed by atoms with Gasteiger partial charge in [0.25, 0.3) is 5.69 Å². The van der Waals surface area contributed by atoms with Gasteiger partial charge in [-0.05, 0) is 30.7 Å². The Hall–Kier alpha value is -2.96. The summed E-state index contributed by atoms with van der Waals surface area (Å²) >= 11 is 0. The Morgan fingerprint density at radius 2 is 1.86 bits per heavy atom. The van der Waals surface area contributed by atoms with Crippen LogP contribution >= 0.6 is 0 Å². The zero-order chi connectivity index (χ0) is 15.6. The fourth-order valence-electron chi connectivity index (χ4n) is 1.68. The highest BCUT2D eigenvalue weighted by atomic mass is 19.1. The second kappa shape index (κ2) is 5.58. The Bertz CT molecular complexity index is 729. The van der Waals surface area contributed by atoms with Crippen LogP contribution in [0.25, 0.3) is 0 Å². The lowest BCUT2D eigenvalue weighted by atomic mass is 10.1. The van der Waals surface area contributed by atoms with Crippen LogP contribution in [-0.2, 0) is 0 Å². The topological polar surface area (TPSA) is 89.7 Å². The molecule has 2 aromatic carbocycles. The number of nitrogens with zero attached hydrogens (tertiary/aromatic N) is 1. The van der Waals surface area contributed by atoms with Gasteiger partial charge in [0.15, 0.2) is 0 Å². The molecule has 7 heteroatoms. The Morgan fingerprint density at radius 3 is 2.43 bits per heavy atom. The molecular weight excluding hydrogens is 281 g/mol. The molecule has 0 heterocycles. The first kappa shape index (κ1) is 14.4. The normalized spacial score (nSPS) is 10.2. The molecule has 0 saturated carbocycles. The number of carbonyl (C=O) groups is 1. The van der Waals surface area contributed by atoms with E-state index in [-0.39, 0.29) is 11.5 Å². The van der Waals surface area contributed by atoms with Crippen LogP contribution in [0.5, 0.6) is 11.5 Å². The lowest BCUT2D eigenvalue weighted by molar-refractivity contribution is -0.385. The van der Waals surface area contributed by atoms with Crippen molar-refractivity contribution in [1.82, 2.24) is 0 Å². The number of nitro benzene ring substituents is 1. The van der Waals surface area contributed by atoms with Crippen molar-refractivity contribution in [2.24, 2.45) is 0 Å². The minimum absolute atomic E-state index is 0.0509. The van der Waals surface area contributed by atoms with Crippen LogP contribution in [0, 0.1) is 22.9 Å². The summed E-state index contributed by atoms with van der Waals surface area (Å²) in [6.07, 6.45) is 0. The highest BCUT2D eigenvalue weighted by Crippen LogP contribution is 2.29. The molecule has 0 unspecified atom stereocenters. The fraction of sp³-hybridized carbons (Fsp3) is 0.0714. The van der Waals surface area contributed by atoms with E-state index >= 15 is 0 Å². The average Bonchev–Trinajstić information content (AvgIpc) is 2.42. The van der Waals surface area contributed by atoms with Crippen molar-refractivity contribution in [1.29, 1.82) is 0 Å². The van der Waals surface area contributed by atoms with Gasteiger partial charge in [-0.15, -0.1) is 0 Å². The van der Waals surface area contributed by atoms with Gasteiger partial charge in [0.05, 0.1) is 11.0 Å². The van der Waals surface area contributed by atoms with E-state index < -0.39 is 28.0 Å². The average molecular weight is 291 g/mol. The van der Waals surface area contributed by atoms with Crippen LogP contribution in [0.1, 0.15) is 15.9 Å². The van der Waals surface area contributed by atoms with Gasteiger partial charge in [-0.3, -0.25) is 10.1 Å². The summed E-state index contributed by atoms with van der Waals surface area (Å²) < 4.78 is 18.7. The first-order valence-corrected chi connectivity index (χ1v) is 5.84. The quantitative estimate of drug-likeness (QED) is 0.687. The molecule has 0 amide bonds. The molecule has 0 aliphatic carbocycles. The molecule has 21 heavy (non-hydrogen) atoms. The highest BCUT2D eigenvalue weighted by molar-refractivity contribution is 5.92. The largest absolute Gasteiger partial charge is 0.477 e. The Balaban J connectivity index is 2.36. The van der Waals surface area contributed by atoms with Crippen molar-refractivity contribution in [2.45, 2.75) is 6.92 Å². The van der Waals surface area contributed by atoms with Crippen molar-refractivity contribution in [2.75, 3.05) is 0 Å². The summed E-state index contributed by atoms with van der Waals surface area (Å²) in [5.74, 6) is -1.66. The van der Waals surface area contributed by atoms with Crippen molar-refractivity contribution in [3.8, 4) is 11.5 Å². The maximum absolute atomic E-state index is 13.4. The van der Waals surface area contributed by atoms with E-state index in [1.54, 1.807) is 6.92 Å². The summed E-state index contributed by atoms with van der Waals surface area (Å²) in [5, 5.41) is 19.7. The van der Waals surface area contributed by atoms with Crippen molar-refractivity contribution in [3.63, 3.8) is 0 Å². The standard InChI is InChI=1S/C14H10FNO5/c1-8-2-3-9(6-12(8)15)21-10-4-5-11(14(17)18)13(7-10)16(19)20/h2-7H,1H3,(H,17,18). The summed E-state index contributed by atoms with van der Waals surface area (Å²) in [5.41, 5.74) is -0.593. The van der Waals surface area contributed by atoms with Crippen LogP contribution < -0.4 is 4.74 Å². The molecule has 0 radical (unpaired) electrons. The van der Waals surface area contributed by atoms with Crippen LogP contribution in [-0.4, -0.2) is 16.0 Å². The van der Waals surface area contributed by atoms with E-state index in [2.05, 4.69) is 0 Å². The van der Waals surface area contributed by atoms with Gasteiger partial charge >= 0.3 is 5.97 Å². The molecule has 0 aliphatic rings. The SMILES string of the molecule is Cc1ccc(Oc2ccc(C(=O)O)c([N+](=O)[O-])c2)cc1F. The first-order chi connectivity index (χ1) is 9.88. The second-order valence-electron chi connectivity index (χ2n) is 4.25.